The molecule has 0 saturated carbocycles. The number of nitrogens with zero attached hydrogens (tertiary/aromatic N) is 7. The van der Waals surface area contributed by atoms with E-state index in [4.69, 9.17) is 9.47 Å². The Morgan fingerprint density at radius 3 is 2.56 bits per heavy atom. The standard InChI is InChI=1S/C24H29N7O3/c1-28-22(16-21(27-28)18-4-3-5-20(14-18)33-2)24(32)31-8-6-29(7-9-31)19-15-23(26-25-17-19)30-10-12-34-13-11-30/h3-5,14-17H,6-13H2,1-2H3. The van der Waals surface area contributed by atoms with Gasteiger partial charge in [-0.2, -0.15) is 10.2 Å². The zero-order valence-electron chi connectivity index (χ0n) is 19.6. The van der Waals surface area contributed by atoms with Crippen LogP contribution in [0.3, 0.4) is 0 Å². The second-order valence-corrected chi connectivity index (χ2v) is 8.42. The SMILES string of the molecule is COc1cccc(-c2cc(C(=O)N3CCN(c4cnnc(N5CCOCC5)c4)CC3)n(C)n2)c1. The second kappa shape index (κ2) is 9.68. The number of hydrogen-bond donors (Lipinski definition) is 0. The summed E-state index contributed by atoms with van der Waals surface area (Å²) in [6.07, 6.45) is 1.79. The highest BCUT2D eigenvalue weighted by molar-refractivity contribution is 5.94. The fourth-order valence-corrected chi connectivity index (χ4v) is 4.39. The minimum absolute atomic E-state index is 0.00865. The van der Waals surface area contributed by atoms with Gasteiger partial charge in [-0.15, -0.1) is 5.10 Å². The van der Waals surface area contributed by atoms with Crippen LogP contribution in [-0.4, -0.2) is 90.4 Å². The van der Waals surface area contributed by atoms with Gasteiger partial charge in [0.2, 0.25) is 0 Å². The number of amides is 1. The number of carbonyl (C=O) groups is 1. The van der Waals surface area contributed by atoms with Crippen LogP contribution in [0.15, 0.2) is 42.6 Å². The fraction of sp³-hybridized carbons (Fsp3) is 0.417. The Labute approximate surface area is 198 Å². The van der Waals surface area contributed by atoms with E-state index in [1.807, 2.05) is 42.3 Å². The molecule has 0 unspecified atom stereocenters. The summed E-state index contributed by atoms with van der Waals surface area (Å²) in [5.41, 5.74) is 3.28. The summed E-state index contributed by atoms with van der Waals surface area (Å²) >= 11 is 0. The maximum absolute atomic E-state index is 13.3. The number of benzene rings is 1. The lowest BCUT2D eigenvalue weighted by Crippen LogP contribution is -2.49. The monoisotopic (exact) mass is 463 g/mol. The Bertz CT molecular complexity index is 1150. The summed E-state index contributed by atoms with van der Waals surface area (Å²) in [6, 6.07) is 11.6. The van der Waals surface area contributed by atoms with Gasteiger partial charge in [0.05, 0.1) is 37.9 Å². The number of anilines is 2. The molecular formula is C24H29N7O3. The summed E-state index contributed by atoms with van der Waals surface area (Å²) in [7, 11) is 3.44. The van der Waals surface area contributed by atoms with E-state index in [1.165, 1.54) is 0 Å². The van der Waals surface area contributed by atoms with Crippen molar-refractivity contribution in [2.24, 2.45) is 7.05 Å². The molecule has 0 aliphatic carbocycles. The zero-order chi connectivity index (χ0) is 23.5. The molecule has 2 aliphatic rings. The number of morpholine rings is 1. The van der Waals surface area contributed by atoms with Crippen LogP contribution < -0.4 is 14.5 Å². The van der Waals surface area contributed by atoms with Crippen LogP contribution >= 0.6 is 0 Å². The van der Waals surface area contributed by atoms with Crippen LogP contribution in [0.4, 0.5) is 11.5 Å². The molecule has 0 bridgehead atoms. The molecule has 10 nitrogen and oxygen atoms in total. The van der Waals surface area contributed by atoms with Gasteiger partial charge in [0.1, 0.15) is 11.4 Å². The molecule has 2 fully saturated rings. The first kappa shape index (κ1) is 22.1. The molecule has 4 heterocycles. The lowest BCUT2D eigenvalue weighted by molar-refractivity contribution is 0.0735. The van der Waals surface area contributed by atoms with Gasteiger partial charge in [0.15, 0.2) is 5.82 Å². The summed E-state index contributed by atoms with van der Waals surface area (Å²) in [4.78, 5) is 19.6. The molecular weight excluding hydrogens is 434 g/mol. The lowest BCUT2D eigenvalue weighted by Gasteiger charge is -2.36. The molecule has 5 rings (SSSR count). The summed E-state index contributed by atoms with van der Waals surface area (Å²) in [5, 5.41) is 13.1. The van der Waals surface area contributed by atoms with Crippen LogP contribution in [-0.2, 0) is 11.8 Å². The molecule has 0 spiro atoms. The van der Waals surface area contributed by atoms with E-state index in [1.54, 1.807) is 18.0 Å². The van der Waals surface area contributed by atoms with Gasteiger partial charge in [-0.3, -0.25) is 9.48 Å². The molecule has 3 aromatic rings. The van der Waals surface area contributed by atoms with E-state index in [2.05, 4.69) is 31.2 Å². The Morgan fingerprint density at radius 1 is 1.00 bits per heavy atom. The van der Waals surface area contributed by atoms with Gasteiger partial charge in [-0.1, -0.05) is 12.1 Å². The van der Waals surface area contributed by atoms with Gasteiger partial charge in [0, 0.05) is 57.9 Å². The molecule has 1 amide bonds. The highest BCUT2D eigenvalue weighted by Gasteiger charge is 2.26. The minimum Gasteiger partial charge on any atom is -0.497 e. The third kappa shape index (κ3) is 4.54. The predicted molar refractivity (Wildman–Crippen MR) is 128 cm³/mol. The predicted octanol–water partition coefficient (Wildman–Crippen LogP) is 1.68. The van der Waals surface area contributed by atoms with Gasteiger partial charge >= 0.3 is 0 Å². The molecule has 1 aromatic carbocycles. The van der Waals surface area contributed by atoms with Crippen molar-refractivity contribution in [2.45, 2.75) is 0 Å². The van der Waals surface area contributed by atoms with Gasteiger partial charge < -0.3 is 24.2 Å². The zero-order valence-corrected chi connectivity index (χ0v) is 19.6. The molecule has 0 radical (unpaired) electrons. The molecule has 0 N–H and O–H groups in total. The van der Waals surface area contributed by atoms with Crippen LogP contribution in [0.2, 0.25) is 0 Å². The van der Waals surface area contributed by atoms with Crippen LogP contribution in [0.25, 0.3) is 11.3 Å². The van der Waals surface area contributed by atoms with E-state index in [9.17, 15) is 4.79 Å². The van der Waals surface area contributed by atoms with E-state index < -0.39 is 0 Å². The van der Waals surface area contributed by atoms with Crippen molar-refractivity contribution >= 4 is 17.4 Å². The molecule has 2 aliphatic heterocycles. The Hall–Kier alpha value is -3.66. The smallest absolute Gasteiger partial charge is 0.272 e. The molecule has 2 aromatic heterocycles. The largest absolute Gasteiger partial charge is 0.497 e. The average molecular weight is 464 g/mol. The lowest BCUT2D eigenvalue weighted by atomic mass is 10.1. The van der Waals surface area contributed by atoms with Crippen molar-refractivity contribution in [2.75, 3.05) is 69.4 Å². The minimum atomic E-state index is -0.00865. The van der Waals surface area contributed by atoms with E-state index in [0.717, 1.165) is 54.7 Å². The first-order valence-electron chi connectivity index (χ1n) is 11.5. The Balaban J connectivity index is 1.25. The van der Waals surface area contributed by atoms with E-state index in [0.29, 0.717) is 32.0 Å². The normalized spacial score (nSPS) is 16.6. The van der Waals surface area contributed by atoms with Crippen molar-refractivity contribution in [1.82, 2.24) is 24.9 Å². The first-order valence-corrected chi connectivity index (χ1v) is 11.5. The maximum Gasteiger partial charge on any atom is 0.272 e. The quantitative estimate of drug-likeness (QED) is 0.565. The number of carbonyl (C=O) groups excluding carboxylic acids is 1. The van der Waals surface area contributed by atoms with Gasteiger partial charge in [-0.25, -0.2) is 0 Å². The number of piperazine rings is 1. The molecule has 0 atom stereocenters. The van der Waals surface area contributed by atoms with Crippen molar-refractivity contribution < 1.29 is 14.3 Å². The molecule has 178 valence electrons. The van der Waals surface area contributed by atoms with Crippen LogP contribution in [0.5, 0.6) is 5.75 Å². The number of rotatable bonds is 5. The van der Waals surface area contributed by atoms with Crippen molar-refractivity contribution in [1.29, 1.82) is 0 Å². The highest BCUT2D eigenvalue weighted by Crippen LogP contribution is 2.25. The van der Waals surface area contributed by atoms with Gasteiger partial charge in [-0.05, 0) is 18.2 Å². The maximum atomic E-state index is 13.3. The number of aromatic nitrogens is 4. The number of methoxy groups -OCH3 is 1. The average Bonchev–Trinajstić information content (AvgIpc) is 3.30. The molecule has 34 heavy (non-hydrogen) atoms. The number of aryl methyl sites for hydroxylation is 1. The van der Waals surface area contributed by atoms with Crippen molar-refractivity contribution in [3.05, 3.63) is 48.3 Å². The van der Waals surface area contributed by atoms with Gasteiger partial charge in [0.25, 0.3) is 5.91 Å². The van der Waals surface area contributed by atoms with E-state index >= 15 is 0 Å². The number of ether oxygens (including phenoxy) is 2. The Kier molecular flexibility index (Phi) is 6.31. The topological polar surface area (TPSA) is 88.9 Å². The third-order valence-electron chi connectivity index (χ3n) is 6.36. The summed E-state index contributed by atoms with van der Waals surface area (Å²) < 4.78 is 12.4. The van der Waals surface area contributed by atoms with Crippen LogP contribution in [0.1, 0.15) is 10.5 Å². The van der Waals surface area contributed by atoms with Crippen LogP contribution in [0, 0.1) is 0 Å². The number of hydrogen-bond acceptors (Lipinski definition) is 8. The van der Waals surface area contributed by atoms with Crippen molar-refractivity contribution in [3.63, 3.8) is 0 Å². The summed E-state index contributed by atoms with van der Waals surface area (Å²) in [6.45, 7) is 5.80. The molecule has 2 saturated heterocycles. The molecule has 10 heteroatoms. The summed E-state index contributed by atoms with van der Waals surface area (Å²) in [5.74, 6) is 1.62. The van der Waals surface area contributed by atoms with E-state index in [-0.39, 0.29) is 5.91 Å². The fourth-order valence-electron chi connectivity index (χ4n) is 4.39. The Morgan fingerprint density at radius 2 is 1.79 bits per heavy atom. The second-order valence-electron chi connectivity index (χ2n) is 8.42. The van der Waals surface area contributed by atoms with Crippen molar-refractivity contribution in [3.8, 4) is 17.0 Å². The highest BCUT2D eigenvalue weighted by atomic mass is 16.5. The third-order valence-corrected chi connectivity index (χ3v) is 6.36. The first-order chi connectivity index (χ1) is 16.6.